The number of rotatable bonds is 2. The van der Waals surface area contributed by atoms with E-state index in [9.17, 15) is 4.39 Å². The molecule has 1 aromatic rings. The molecule has 1 aromatic carbocycles. The van der Waals surface area contributed by atoms with Gasteiger partial charge in [0, 0.05) is 16.1 Å². The lowest BCUT2D eigenvalue weighted by Gasteiger charge is -2.02. The summed E-state index contributed by atoms with van der Waals surface area (Å²) in [6.07, 6.45) is 1.29. The summed E-state index contributed by atoms with van der Waals surface area (Å²) in [5, 5.41) is 17.4. The molecule has 0 radical (unpaired) electrons. The molecule has 0 saturated heterocycles. The van der Waals surface area contributed by atoms with Crippen LogP contribution in [0.5, 0.6) is 0 Å². The monoisotopic (exact) mass is 214 g/mol. The van der Waals surface area contributed by atoms with Gasteiger partial charge in [-0.15, -0.1) is 0 Å². The molecule has 0 heterocycles. The van der Waals surface area contributed by atoms with Crippen molar-refractivity contribution in [2.45, 2.75) is 6.92 Å². The van der Waals surface area contributed by atoms with E-state index in [4.69, 9.17) is 21.6 Å². The van der Waals surface area contributed by atoms with Gasteiger partial charge in [-0.25, -0.2) is 4.39 Å². The molecule has 0 fully saturated rings. The first-order valence-corrected chi connectivity index (χ1v) is 4.39. The lowest BCUT2D eigenvalue weighted by Crippen LogP contribution is -2.05. The van der Waals surface area contributed by atoms with Gasteiger partial charge in [-0.05, 0) is 13.0 Å². The van der Waals surface area contributed by atoms with Gasteiger partial charge in [-0.2, -0.15) is 0 Å². The third-order valence-electron chi connectivity index (χ3n) is 1.80. The van der Waals surface area contributed by atoms with E-state index in [1.807, 2.05) is 0 Å². The van der Waals surface area contributed by atoms with Crippen LogP contribution in [0.15, 0.2) is 18.1 Å². The molecule has 0 unspecified atom stereocenters. The maximum atomic E-state index is 13.4. The Labute approximate surface area is 86.8 Å². The van der Waals surface area contributed by atoms with Crippen molar-refractivity contribution in [3.63, 3.8) is 0 Å². The SMILES string of the molecule is Cc1c(Cl)ccc(/C=C/B(O)O)c1F. The van der Waals surface area contributed by atoms with Crippen molar-refractivity contribution in [1.82, 2.24) is 0 Å². The Hall–Kier alpha value is -0.835. The molecular weight excluding hydrogens is 205 g/mol. The molecule has 14 heavy (non-hydrogen) atoms. The van der Waals surface area contributed by atoms with Gasteiger partial charge in [0.2, 0.25) is 0 Å². The fraction of sp³-hybridized carbons (Fsp3) is 0.111. The van der Waals surface area contributed by atoms with Crippen LogP contribution >= 0.6 is 11.6 Å². The summed E-state index contributed by atoms with van der Waals surface area (Å²) in [4.78, 5) is 0. The summed E-state index contributed by atoms with van der Waals surface area (Å²) < 4.78 is 13.4. The largest absolute Gasteiger partial charge is 0.480 e. The number of benzene rings is 1. The topological polar surface area (TPSA) is 40.5 Å². The van der Waals surface area contributed by atoms with Crippen LogP contribution in [0.2, 0.25) is 5.02 Å². The van der Waals surface area contributed by atoms with Crippen molar-refractivity contribution in [2.75, 3.05) is 0 Å². The van der Waals surface area contributed by atoms with Crippen molar-refractivity contribution in [1.29, 1.82) is 0 Å². The zero-order valence-electron chi connectivity index (χ0n) is 7.54. The smallest absolute Gasteiger partial charge is 0.424 e. The maximum absolute atomic E-state index is 13.4. The Morgan fingerprint density at radius 3 is 2.64 bits per heavy atom. The van der Waals surface area contributed by atoms with Gasteiger partial charge in [-0.3, -0.25) is 0 Å². The molecule has 0 atom stereocenters. The van der Waals surface area contributed by atoms with Gasteiger partial charge in [0.15, 0.2) is 0 Å². The van der Waals surface area contributed by atoms with Crippen molar-refractivity contribution in [3.05, 3.63) is 40.1 Å². The zero-order chi connectivity index (χ0) is 10.7. The second-order valence-corrected chi connectivity index (χ2v) is 3.26. The van der Waals surface area contributed by atoms with E-state index in [1.54, 1.807) is 13.0 Å². The normalized spacial score (nSPS) is 10.9. The predicted molar refractivity (Wildman–Crippen MR) is 55.4 cm³/mol. The minimum Gasteiger partial charge on any atom is -0.424 e. The molecule has 0 aliphatic heterocycles. The Bertz CT molecular complexity index is 366. The van der Waals surface area contributed by atoms with E-state index in [2.05, 4.69) is 0 Å². The summed E-state index contributed by atoms with van der Waals surface area (Å²) >= 11 is 5.69. The number of hydrogen-bond donors (Lipinski definition) is 2. The van der Waals surface area contributed by atoms with Gasteiger partial charge in [0.1, 0.15) is 5.82 Å². The maximum Gasteiger partial charge on any atom is 0.480 e. The first-order chi connectivity index (χ1) is 6.52. The van der Waals surface area contributed by atoms with Gasteiger partial charge in [-0.1, -0.05) is 29.7 Å². The molecule has 0 spiro atoms. The Kier molecular flexibility index (Phi) is 3.69. The van der Waals surface area contributed by atoms with Crippen molar-refractivity contribution < 1.29 is 14.4 Å². The minimum atomic E-state index is -1.58. The lowest BCUT2D eigenvalue weighted by molar-refractivity contribution is 0.424. The van der Waals surface area contributed by atoms with E-state index < -0.39 is 12.9 Å². The predicted octanol–water partition coefficient (Wildman–Crippen LogP) is 1.81. The van der Waals surface area contributed by atoms with Crippen LogP contribution in [0.4, 0.5) is 4.39 Å². The molecule has 5 heteroatoms. The fourth-order valence-corrected chi connectivity index (χ4v) is 1.15. The lowest BCUT2D eigenvalue weighted by atomic mass is 9.90. The molecular formula is C9H9BClFO2. The summed E-state index contributed by atoms with van der Waals surface area (Å²) in [6.45, 7) is 1.56. The molecule has 74 valence electrons. The van der Waals surface area contributed by atoms with E-state index in [-0.39, 0.29) is 5.56 Å². The van der Waals surface area contributed by atoms with Crippen LogP contribution in [0.3, 0.4) is 0 Å². The Morgan fingerprint density at radius 2 is 2.07 bits per heavy atom. The first-order valence-electron chi connectivity index (χ1n) is 4.01. The molecule has 0 amide bonds. The average molecular weight is 214 g/mol. The van der Waals surface area contributed by atoms with Crippen LogP contribution in [-0.2, 0) is 0 Å². The van der Waals surface area contributed by atoms with Gasteiger partial charge < -0.3 is 10.0 Å². The summed E-state index contributed by atoms with van der Waals surface area (Å²) in [5.41, 5.74) is 0.626. The average Bonchev–Trinajstić information content (AvgIpc) is 2.13. The van der Waals surface area contributed by atoms with Gasteiger partial charge in [0.25, 0.3) is 0 Å². The highest BCUT2D eigenvalue weighted by Gasteiger charge is 2.07. The summed E-state index contributed by atoms with van der Waals surface area (Å²) in [6, 6.07) is 3.03. The quantitative estimate of drug-likeness (QED) is 0.737. The molecule has 0 aliphatic carbocycles. The standard InChI is InChI=1S/C9H9BClFO2/c1-6-8(11)3-2-7(9(6)12)4-5-10(13)14/h2-5,13-14H,1H3/b5-4+. The highest BCUT2D eigenvalue weighted by atomic mass is 35.5. The van der Waals surface area contributed by atoms with Crippen LogP contribution in [-0.4, -0.2) is 17.2 Å². The molecule has 2 nitrogen and oxygen atoms in total. The molecule has 2 N–H and O–H groups in total. The molecule has 0 aromatic heterocycles. The van der Waals surface area contributed by atoms with Crippen LogP contribution in [0.1, 0.15) is 11.1 Å². The summed E-state index contributed by atoms with van der Waals surface area (Å²) in [5.74, 6) is 0.626. The second kappa shape index (κ2) is 4.60. The van der Waals surface area contributed by atoms with E-state index in [0.29, 0.717) is 10.6 Å². The van der Waals surface area contributed by atoms with E-state index >= 15 is 0 Å². The third kappa shape index (κ3) is 2.58. The Morgan fingerprint density at radius 1 is 1.43 bits per heavy atom. The summed E-state index contributed by atoms with van der Waals surface area (Å²) in [7, 11) is -1.58. The molecule has 0 bridgehead atoms. The molecule has 0 aliphatic rings. The fourth-order valence-electron chi connectivity index (χ4n) is 1.00. The van der Waals surface area contributed by atoms with Crippen LogP contribution in [0.25, 0.3) is 6.08 Å². The van der Waals surface area contributed by atoms with Gasteiger partial charge in [0.05, 0.1) is 0 Å². The molecule has 0 saturated carbocycles. The highest BCUT2D eigenvalue weighted by molar-refractivity contribution is 6.48. The Balaban J connectivity index is 3.06. The van der Waals surface area contributed by atoms with Crippen molar-refractivity contribution >= 4 is 24.8 Å². The number of halogens is 2. The highest BCUT2D eigenvalue weighted by Crippen LogP contribution is 2.21. The third-order valence-corrected chi connectivity index (χ3v) is 2.21. The van der Waals surface area contributed by atoms with E-state index in [1.165, 1.54) is 12.1 Å². The second-order valence-electron chi connectivity index (χ2n) is 2.85. The van der Waals surface area contributed by atoms with Crippen molar-refractivity contribution in [2.24, 2.45) is 0 Å². The van der Waals surface area contributed by atoms with Gasteiger partial charge >= 0.3 is 7.12 Å². The molecule has 1 rings (SSSR count). The van der Waals surface area contributed by atoms with Crippen molar-refractivity contribution in [3.8, 4) is 0 Å². The number of hydrogen-bond acceptors (Lipinski definition) is 2. The minimum absolute atomic E-state index is 0.278. The van der Waals surface area contributed by atoms with Crippen LogP contribution in [0, 0.1) is 12.7 Å². The zero-order valence-corrected chi connectivity index (χ0v) is 8.29. The van der Waals surface area contributed by atoms with E-state index in [0.717, 1.165) is 5.98 Å². The first kappa shape index (κ1) is 11.2. The van der Waals surface area contributed by atoms with Crippen LogP contribution < -0.4 is 0 Å².